The van der Waals surface area contributed by atoms with Crippen molar-refractivity contribution in [1.29, 1.82) is 0 Å². The highest BCUT2D eigenvalue weighted by Gasteiger charge is 2.14. The highest BCUT2D eigenvalue weighted by Crippen LogP contribution is 2.27. The van der Waals surface area contributed by atoms with Crippen molar-refractivity contribution in [3.05, 3.63) is 22.6 Å². The van der Waals surface area contributed by atoms with Gasteiger partial charge < -0.3 is 9.73 Å². The van der Waals surface area contributed by atoms with Crippen molar-refractivity contribution in [2.45, 2.75) is 39.2 Å². The number of hydrogen-bond donors (Lipinski definition) is 1. The van der Waals surface area contributed by atoms with Gasteiger partial charge >= 0.3 is 0 Å². The van der Waals surface area contributed by atoms with Crippen molar-refractivity contribution in [1.82, 2.24) is 5.32 Å². The van der Waals surface area contributed by atoms with Crippen LogP contribution >= 0.6 is 15.9 Å². The van der Waals surface area contributed by atoms with Crippen LogP contribution in [0.5, 0.6) is 0 Å². The Morgan fingerprint density at radius 3 is 2.71 bits per heavy atom. The molecule has 1 rings (SSSR count). The van der Waals surface area contributed by atoms with E-state index in [-0.39, 0.29) is 0 Å². The number of nitrogens with one attached hydrogen (secondary N) is 1. The highest BCUT2D eigenvalue weighted by molar-refractivity contribution is 9.10. The quantitative estimate of drug-likeness (QED) is 0.839. The summed E-state index contributed by atoms with van der Waals surface area (Å²) in [6, 6.07) is 2.46. The Morgan fingerprint density at radius 2 is 2.21 bits per heavy atom. The topological polar surface area (TPSA) is 25.2 Å². The van der Waals surface area contributed by atoms with Gasteiger partial charge in [-0.05, 0) is 41.4 Å². The van der Waals surface area contributed by atoms with Crippen molar-refractivity contribution in [3.63, 3.8) is 0 Å². The van der Waals surface area contributed by atoms with Crippen LogP contribution in [0.25, 0.3) is 0 Å². The van der Waals surface area contributed by atoms with E-state index < -0.39 is 0 Å². The normalized spacial score (nSPS) is 13.1. The molecule has 0 aliphatic carbocycles. The average Bonchev–Trinajstić information content (AvgIpc) is 2.59. The summed E-state index contributed by atoms with van der Waals surface area (Å²) in [5.74, 6) is 0. The van der Waals surface area contributed by atoms with Crippen LogP contribution in [0.3, 0.4) is 0 Å². The first-order valence-corrected chi connectivity index (χ1v) is 6.05. The lowest BCUT2D eigenvalue weighted by Gasteiger charge is -2.16. The number of hydrogen-bond acceptors (Lipinski definition) is 2. The standard InChI is InChI=1S/C11H18BrNO/c1-3-5-10(13-7-4-2)9-6-8-14-11(9)12/h6,8,10,13H,3-5,7H2,1-2H3. The molecule has 0 amide bonds. The summed E-state index contributed by atoms with van der Waals surface area (Å²) < 4.78 is 6.11. The molecule has 3 heteroatoms. The van der Waals surface area contributed by atoms with Gasteiger partial charge in [-0.25, -0.2) is 0 Å². The van der Waals surface area contributed by atoms with Gasteiger partial charge in [-0.1, -0.05) is 20.3 Å². The predicted octanol–water partition coefficient (Wildman–Crippen LogP) is 3.88. The Labute approximate surface area is 94.2 Å². The molecule has 80 valence electrons. The summed E-state index contributed by atoms with van der Waals surface area (Å²) in [6.07, 6.45) is 5.22. The van der Waals surface area contributed by atoms with Crippen molar-refractivity contribution < 1.29 is 4.42 Å². The van der Waals surface area contributed by atoms with Crippen LogP contribution in [-0.4, -0.2) is 6.54 Å². The summed E-state index contributed by atoms with van der Waals surface area (Å²) in [4.78, 5) is 0. The Hall–Kier alpha value is -0.280. The van der Waals surface area contributed by atoms with Crippen LogP contribution in [-0.2, 0) is 0 Å². The van der Waals surface area contributed by atoms with Crippen LogP contribution in [0.15, 0.2) is 21.4 Å². The van der Waals surface area contributed by atoms with Gasteiger partial charge in [-0.15, -0.1) is 0 Å². The molecular weight excluding hydrogens is 242 g/mol. The monoisotopic (exact) mass is 259 g/mol. The fourth-order valence-corrected chi connectivity index (χ4v) is 2.04. The van der Waals surface area contributed by atoms with E-state index in [2.05, 4.69) is 35.1 Å². The molecule has 1 unspecified atom stereocenters. The van der Waals surface area contributed by atoms with Gasteiger partial charge in [-0.3, -0.25) is 0 Å². The number of rotatable bonds is 6. The van der Waals surface area contributed by atoms with Crippen LogP contribution in [0.4, 0.5) is 0 Å². The van der Waals surface area contributed by atoms with Gasteiger partial charge in [0.15, 0.2) is 4.67 Å². The summed E-state index contributed by atoms with van der Waals surface area (Å²) >= 11 is 3.42. The van der Waals surface area contributed by atoms with Gasteiger partial charge in [0.2, 0.25) is 0 Å². The summed E-state index contributed by atoms with van der Waals surface area (Å²) in [5.41, 5.74) is 1.24. The molecule has 0 aromatic carbocycles. The van der Waals surface area contributed by atoms with Gasteiger partial charge in [-0.2, -0.15) is 0 Å². The van der Waals surface area contributed by atoms with E-state index in [1.807, 2.05) is 6.07 Å². The van der Waals surface area contributed by atoms with E-state index in [9.17, 15) is 0 Å². The van der Waals surface area contributed by atoms with Gasteiger partial charge in [0, 0.05) is 11.6 Å². The number of furan rings is 1. The van der Waals surface area contributed by atoms with E-state index in [4.69, 9.17) is 4.42 Å². The van der Waals surface area contributed by atoms with Crippen molar-refractivity contribution in [3.8, 4) is 0 Å². The molecule has 0 saturated heterocycles. The second-order valence-electron chi connectivity index (χ2n) is 3.45. The molecular formula is C11H18BrNO. The summed E-state index contributed by atoms with van der Waals surface area (Å²) in [7, 11) is 0. The lowest BCUT2D eigenvalue weighted by molar-refractivity contribution is 0.475. The van der Waals surface area contributed by atoms with Crippen LogP contribution in [0.2, 0.25) is 0 Å². The van der Waals surface area contributed by atoms with Gasteiger partial charge in [0.05, 0.1) is 6.26 Å². The highest BCUT2D eigenvalue weighted by atomic mass is 79.9. The maximum atomic E-state index is 5.25. The summed E-state index contributed by atoms with van der Waals surface area (Å²) in [6.45, 7) is 5.44. The molecule has 0 bridgehead atoms. The fourth-order valence-electron chi connectivity index (χ4n) is 1.53. The van der Waals surface area contributed by atoms with E-state index in [1.165, 1.54) is 12.0 Å². The predicted molar refractivity (Wildman–Crippen MR) is 62.4 cm³/mol. The molecule has 0 radical (unpaired) electrons. The Morgan fingerprint density at radius 1 is 1.43 bits per heavy atom. The smallest absolute Gasteiger partial charge is 0.173 e. The molecule has 14 heavy (non-hydrogen) atoms. The SMILES string of the molecule is CCCNC(CCC)c1ccoc1Br. The average molecular weight is 260 g/mol. The lowest BCUT2D eigenvalue weighted by atomic mass is 10.1. The van der Waals surface area contributed by atoms with Crippen molar-refractivity contribution in [2.24, 2.45) is 0 Å². The zero-order valence-corrected chi connectivity index (χ0v) is 10.4. The molecule has 0 saturated carbocycles. The van der Waals surface area contributed by atoms with Crippen molar-refractivity contribution >= 4 is 15.9 Å². The third-order valence-electron chi connectivity index (χ3n) is 2.24. The first-order chi connectivity index (χ1) is 6.79. The summed E-state index contributed by atoms with van der Waals surface area (Å²) in [5, 5.41) is 3.52. The van der Waals surface area contributed by atoms with Gasteiger partial charge in [0.1, 0.15) is 0 Å². The maximum Gasteiger partial charge on any atom is 0.173 e. The molecule has 0 aliphatic rings. The molecule has 2 nitrogen and oxygen atoms in total. The zero-order valence-electron chi connectivity index (χ0n) is 8.85. The minimum absolute atomic E-state index is 0.424. The zero-order chi connectivity index (χ0) is 10.4. The molecule has 1 aromatic rings. The third kappa shape index (κ3) is 3.14. The fraction of sp³-hybridized carbons (Fsp3) is 0.636. The molecule has 0 spiro atoms. The first kappa shape index (κ1) is 11.8. The molecule has 1 N–H and O–H groups in total. The van der Waals surface area contributed by atoms with Gasteiger partial charge in [0.25, 0.3) is 0 Å². The minimum Gasteiger partial charge on any atom is -0.457 e. The van der Waals surface area contributed by atoms with E-state index in [0.29, 0.717) is 6.04 Å². The Bertz CT molecular complexity index is 260. The second kappa shape index (κ2) is 6.25. The van der Waals surface area contributed by atoms with E-state index >= 15 is 0 Å². The molecule has 1 aromatic heterocycles. The van der Waals surface area contributed by atoms with E-state index in [1.54, 1.807) is 6.26 Å². The Kier molecular flexibility index (Phi) is 5.26. The maximum absolute atomic E-state index is 5.25. The second-order valence-corrected chi connectivity index (χ2v) is 4.17. The molecule has 1 atom stereocenters. The largest absolute Gasteiger partial charge is 0.457 e. The van der Waals surface area contributed by atoms with Crippen LogP contribution in [0.1, 0.15) is 44.7 Å². The molecule has 0 aliphatic heterocycles. The lowest BCUT2D eigenvalue weighted by Crippen LogP contribution is -2.21. The Balaban J connectivity index is 2.62. The van der Waals surface area contributed by atoms with Crippen molar-refractivity contribution in [2.75, 3.05) is 6.54 Å². The first-order valence-electron chi connectivity index (χ1n) is 5.25. The molecule has 1 heterocycles. The number of halogens is 1. The van der Waals surface area contributed by atoms with Crippen LogP contribution in [0, 0.1) is 0 Å². The van der Waals surface area contributed by atoms with Crippen LogP contribution < -0.4 is 5.32 Å². The molecule has 0 fully saturated rings. The third-order valence-corrected chi connectivity index (χ3v) is 2.88. The van der Waals surface area contributed by atoms with E-state index in [0.717, 1.165) is 24.1 Å². The minimum atomic E-state index is 0.424.